The van der Waals surface area contributed by atoms with Crippen LogP contribution >= 0.6 is 0 Å². The smallest absolute Gasteiger partial charge is 0.247 e. The Bertz CT molecular complexity index is 1010. The summed E-state index contributed by atoms with van der Waals surface area (Å²) in [7, 11) is 0. The van der Waals surface area contributed by atoms with Gasteiger partial charge in [0.25, 0.3) is 0 Å². The van der Waals surface area contributed by atoms with Crippen LogP contribution in [0.25, 0.3) is 11.5 Å². The summed E-state index contributed by atoms with van der Waals surface area (Å²) >= 11 is 0. The predicted octanol–water partition coefficient (Wildman–Crippen LogP) is 3.67. The summed E-state index contributed by atoms with van der Waals surface area (Å²) in [5.41, 5.74) is 4.14. The molecular formula is C24H29N5O2. The van der Waals surface area contributed by atoms with Gasteiger partial charge in [0.1, 0.15) is 0 Å². The number of amides is 1. The zero-order valence-electron chi connectivity index (χ0n) is 18.3. The lowest BCUT2D eigenvalue weighted by atomic mass is 10.1. The lowest BCUT2D eigenvalue weighted by Gasteiger charge is -2.36. The summed E-state index contributed by atoms with van der Waals surface area (Å²) in [6, 6.07) is 16.0. The molecule has 2 heterocycles. The second-order valence-electron chi connectivity index (χ2n) is 8.21. The van der Waals surface area contributed by atoms with Gasteiger partial charge in [-0.3, -0.25) is 14.6 Å². The molecule has 1 aliphatic heterocycles. The highest BCUT2D eigenvalue weighted by atomic mass is 16.4. The van der Waals surface area contributed by atoms with Gasteiger partial charge in [0, 0.05) is 37.4 Å². The molecule has 0 bridgehead atoms. The van der Waals surface area contributed by atoms with Crippen LogP contribution in [-0.4, -0.2) is 58.6 Å². The maximum Gasteiger partial charge on any atom is 0.247 e. The molecular weight excluding hydrogens is 390 g/mol. The van der Waals surface area contributed by atoms with Gasteiger partial charge in [0.15, 0.2) is 0 Å². The van der Waals surface area contributed by atoms with Gasteiger partial charge < -0.3 is 9.73 Å². The second-order valence-corrected chi connectivity index (χ2v) is 8.21. The number of carbonyl (C=O) groups excluding carboxylic acids is 1. The minimum absolute atomic E-state index is 0.0185. The number of rotatable bonds is 6. The molecule has 1 atom stereocenters. The lowest BCUT2D eigenvalue weighted by molar-refractivity contribution is -0.117. The molecule has 1 saturated heterocycles. The van der Waals surface area contributed by atoms with Crippen LogP contribution in [0.4, 0.5) is 5.69 Å². The van der Waals surface area contributed by atoms with E-state index in [-0.39, 0.29) is 11.9 Å². The van der Waals surface area contributed by atoms with Gasteiger partial charge in [-0.1, -0.05) is 35.4 Å². The minimum Gasteiger partial charge on any atom is -0.419 e. The number of hydrogen-bond donors (Lipinski definition) is 1. The van der Waals surface area contributed by atoms with Gasteiger partial charge in [-0.15, -0.1) is 10.2 Å². The topological polar surface area (TPSA) is 74.5 Å². The van der Waals surface area contributed by atoms with Crippen molar-refractivity contribution in [1.29, 1.82) is 0 Å². The molecule has 1 aliphatic rings. The van der Waals surface area contributed by atoms with Crippen molar-refractivity contribution in [3.8, 4) is 11.5 Å². The van der Waals surface area contributed by atoms with Gasteiger partial charge >= 0.3 is 0 Å². The van der Waals surface area contributed by atoms with E-state index in [0.717, 1.165) is 37.4 Å². The summed E-state index contributed by atoms with van der Waals surface area (Å²) in [5, 5.41) is 11.5. The molecule has 0 radical (unpaired) electrons. The normalized spacial score (nSPS) is 16.2. The van der Waals surface area contributed by atoms with Crippen molar-refractivity contribution in [2.75, 3.05) is 38.0 Å². The largest absolute Gasteiger partial charge is 0.419 e. The number of hydrogen-bond acceptors (Lipinski definition) is 6. The van der Waals surface area contributed by atoms with E-state index < -0.39 is 0 Å². The second kappa shape index (κ2) is 9.41. The van der Waals surface area contributed by atoms with Gasteiger partial charge in [-0.2, -0.15) is 0 Å². The Hall–Kier alpha value is -3.03. The fourth-order valence-corrected chi connectivity index (χ4v) is 3.72. The molecule has 31 heavy (non-hydrogen) atoms. The molecule has 162 valence electrons. The van der Waals surface area contributed by atoms with Crippen molar-refractivity contribution in [3.05, 3.63) is 65.5 Å². The average Bonchev–Trinajstić information content (AvgIpc) is 3.26. The number of carbonyl (C=O) groups is 1. The van der Waals surface area contributed by atoms with Crippen LogP contribution in [0.5, 0.6) is 0 Å². The third kappa shape index (κ3) is 5.37. The van der Waals surface area contributed by atoms with Gasteiger partial charge in [0.05, 0.1) is 12.6 Å². The summed E-state index contributed by atoms with van der Waals surface area (Å²) in [6.07, 6.45) is 0. The molecule has 2 aromatic carbocycles. The minimum atomic E-state index is 0.0185. The number of anilines is 1. The molecule has 7 heteroatoms. The first-order valence-corrected chi connectivity index (χ1v) is 10.7. The number of nitrogens with one attached hydrogen (secondary N) is 1. The Morgan fingerprint density at radius 1 is 0.968 bits per heavy atom. The Labute approximate surface area is 183 Å². The van der Waals surface area contributed by atoms with Gasteiger partial charge in [-0.05, 0) is 45.0 Å². The molecule has 3 aromatic rings. The van der Waals surface area contributed by atoms with Crippen molar-refractivity contribution in [1.82, 2.24) is 20.0 Å². The molecule has 0 aliphatic carbocycles. The van der Waals surface area contributed by atoms with Crippen LogP contribution < -0.4 is 5.32 Å². The Morgan fingerprint density at radius 3 is 2.23 bits per heavy atom. The molecule has 7 nitrogen and oxygen atoms in total. The van der Waals surface area contributed by atoms with E-state index in [9.17, 15) is 4.79 Å². The van der Waals surface area contributed by atoms with E-state index in [4.69, 9.17) is 4.42 Å². The van der Waals surface area contributed by atoms with E-state index in [2.05, 4.69) is 39.2 Å². The van der Waals surface area contributed by atoms with Crippen LogP contribution in [0, 0.1) is 13.8 Å². The summed E-state index contributed by atoms with van der Waals surface area (Å²) in [6.45, 7) is 9.92. The molecule has 1 aromatic heterocycles. The maximum atomic E-state index is 12.4. The summed E-state index contributed by atoms with van der Waals surface area (Å²) in [4.78, 5) is 16.9. The number of aryl methyl sites for hydroxylation is 2. The third-order valence-corrected chi connectivity index (χ3v) is 5.75. The number of piperazine rings is 1. The average molecular weight is 420 g/mol. The Kier molecular flexibility index (Phi) is 6.44. The Morgan fingerprint density at radius 2 is 1.58 bits per heavy atom. The van der Waals surface area contributed by atoms with Crippen LogP contribution in [0.15, 0.2) is 52.9 Å². The highest BCUT2D eigenvalue weighted by molar-refractivity contribution is 5.92. The maximum absolute atomic E-state index is 12.4. The lowest BCUT2D eigenvalue weighted by Crippen LogP contribution is -2.49. The van der Waals surface area contributed by atoms with Crippen LogP contribution in [0.1, 0.15) is 30.0 Å². The van der Waals surface area contributed by atoms with Crippen LogP contribution in [0.2, 0.25) is 0 Å². The SMILES string of the molecule is Cc1ccc(NC(=O)CN2CCN([C@H](C)c3nnc(-c4ccc(C)cc4)o3)CC2)cc1. The van der Waals surface area contributed by atoms with Crippen molar-refractivity contribution in [3.63, 3.8) is 0 Å². The van der Waals surface area contributed by atoms with Crippen molar-refractivity contribution >= 4 is 11.6 Å². The number of nitrogens with zero attached hydrogens (tertiary/aromatic N) is 4. The summed E-state index contributed by atoms with van der Waals surface area (Å²) < 4.78 is 5.95. The van der Waals surface area contributed by atoms with E-state index in [1.54, 1.807) is 0 Å². The first-order valence-electron chi connectivity index (χ1n) is 10.7. The molecule has 1 amide bonds. The number of benzene rings is 2. The first-order chi connectivity index (χ1) is 15.0. The molecule has 0 spiro atoms. The van der Waals surface area contributed by atoms with Crippen LogP contribution in [-0.2, 0) is 4.79 Å². The van der Waals surface area contributed by atoms with E-state index in [1.165, 1.54) is 11.1 Å². The van der Waals surface area contributed by atoms with E-state index in [1.807, 2.05) is 55.5 Å². The number of aromatic nitrogens is 2. The van der Waals surface area contributed by atoms with Crippen molar-refractivity contribution < 1.29 is 9.21 Å². The quantitative estimate of drug-likeness (QED) is 0.657. The molecule has 4 rings (SSSR count). The molecule has 0 saturated carbocycles. The standard InChI is InChI=1S/C24H29N5O2/c1-17-4-8-20(9-5-17)24-27-26-23(31-24)19(3)29-14-12-28(13-15-29)16-22(30)25-21-10-6-18(2)7-11-21/h4-11,19H,12-16H2,1-3H3,(H,25,30)/t19-/m1/s1. The van der Waals surface area contributed by atoms with Crippen molar-refractivity contribution in [2.24, 2.45) is 0 Å². The molecule has 0 unspecified atom stereocenters. The van der Waals surface area contributed by atoms with E-state index >= 15 is 0 Å². The molecule has 1 N–H and O–H groups in total. The van der Waals surface area contributed by atoms with Crippen molar-refractivity contribution in [2.45, 2.75) is 26.8 Å². The zero-order chi connectivity index (χ0) is 21.8. The fraction of sp³-hybridized carbons (Fsp3) is 0.375. The first kappa shape index (κ1) is 21.2. The molecule has 1 fully saturated rings. The highest BCUT2D eigenvalue weighted by Gasteiger charge is 2.26. The third-order valence-electron chi connectivity index (χ3n) is 5.75. The van der Waals surface area contributed by atoms with E-state index in [0.29, 0.717) is 18.3 Å². The van der Waals surface area contributed by atoms with Crippen LogP contribution in [0.3, 0.4) is 0 Å². The van der Waals surface area contributed by atoms with Gasteiger partial charge in [0.2, 0.25) is 17.7 Å². The highest BCUT2D eigenvalue weighted by Crippen LogP contribution is 2.25. The zero-order valence-corrected chi connectivity index (χ0v) is 18.3. The fourth-order valence-electron chi connectivity index (χ4n) is 3.72. The summed E-state index contributed by atoms with van der Waals surface area (Å²) in [5.74, 6) is 1.19. The monoisotopic (exact) mass is 419 g/mol. The van der Waals surface area contributed by atoms with Gasteiger partial charge in [-0.25, -0.2) is 0 Å². The Balaban J connectivity index is 1.28. The predicted molar refractivity (Wildman–Crippen MR) is 121 cm³/mol.